The number of nitrogens with one attached hydrogen (secondary N) is 1. The van der Waals surface area contributed by atoms with Crippen LogP contribution in [0, 0.1) is 0 Å². The second-order valence-electron chi connectivity index (χ2n) is 7.36. The zero-order valence-corrected chi connectivity index (χ0v) is 13.6. The molecule has 3 rings (SSSR count). The van der Waals surface area contributed by atoms with Gasteiger partial charge in [0.2, 0.25) is 0 Å². The van der Waals surface area contributed by atoms with Crippen molar-refractivity contribution in [1.29, 1.82) is 0 Å². The van der Waals surface area contributed by atoms with Crippen LogP contribution in [-0.2, 0) is 6.54 Å². The van der Waals surface area contributed by atoms with Gasteiger partial charge < -0.3 is 10.2 Å². The number of piperazine rings is 1. The summed E-state index contributed by atoms with van der Waals surface area (Å²) in [6.45, 7) is 12.2. The summed E-state index contributed by atoms with van der Waals surface area (Å²) in [6, 6.07) is 3.07. The van der Waals surface area contributed by atoms with Gasteiger partial charge in [0, 0.05) is 67.9 Å². The van der Waals surface area contributed by atoms with Gasteiger partial charge in [0.15, 0.2) is 0 Å². The van der Waals surface area contributed by atoms with Crippen LogP contribution in [0.15, 0.2) is 18.5 Å². The monoisotopic (exact) mass is 288 g/mol. The third kappa shape index (κ3) is 3.95. The fourth-order valence-corrected chi connectivity index (χ4v) is 2.99. The second-order valence-corrected chi connectivity index (χ2v) is 7.36. The highest BCUT2D eigenvalue weighted by Gasteiger charge is 2.31. The Morgan fingerprint density at radius 2 is 1.90 bits per heavy atom. The van der Waals surface area contributed by atoms with Gasteiger partial charge in [-0.3, -0.25) is 9.88 Å². The third-order valence-electron chi connectivity index (χ3n) is 4.41. The van der Waals surface area contributed by atoms with Gasteiger partial charge >= 0.3 is 0 Å². The number of aromatic nitrogens is 1. The average molecular weight is 288 g/mol. The fourth-order valence-electron chi connectivity index (χ4n) is 2.99. The minimum absolute atomic E-state index is 0.137. The molecule has 4 heteroatoms. The van der Waals surface area contributed by atoms with Crippen molar-refractivity contribution < 1.29 is 0 Å². The molecule has 1 aromatic heterocycles. The highest BCUT2D eigenvalue weighted by Crippen LogP contribution is 2.29. The van der Waals surface area contributed by atoms with Crippen LogP contribution in [0.4, 0.5) is 5.69 Å². The van der Waals surface area contributed by atoms with E-state index in [4.69, 9.17) is 0 Å². The Labute approximate surface area is 128 Å². The standard InChI is InChI=1S/C17H28N4/c1-17(2,3)19-13-14-12-18-7-6-16(14)21-10-8-20(9-11-21)15-4-5-15/h6-7,12,15,19H,4-5,8-11,13H2,1-3H3. The predicted octanol–water partition coefficient (Wildman–Crippen LogP) is 2.25. The van der Waals surface area contributed by atoms with E-state index in [0.717, 1.165) is 25.7 Å². The molecule has 0 unspecified atom stereocenters. The molecule has 0 bridgehead atoms. The summed E-state index contributed by atoms with van der Waals surface area (Å²) in [5.74, 6) is 0. The molecule has 1 saturated heterocycles. The van der Waals surface area contributed by atoms with E-state index in [9.17, 15) is 0 Å². The lowest BCUT2D eigenvalue weighted by atomic mass is 10.1. The summed E-state index contributed by atoms with van der Waals surface area (Å²) in [5.41, 5.74) is 2.81. The van der Waals surface area contributed by atoms with E-state index in [-0.39, 0.29) is 5.54 Å². The van der Waals surface area contributed by atoms with E-state index < -0.39 is 0 Å². The van der Waals surface area contributed by atoms with Gasteiger partial charge in [-0.05, 0) is 39.7 Å². The molecule has 2 fully saturated rings. The Balaban J connectivity index is 1.64. The fraction of sp³-hybridized carbons (Fsp3) is 0.706. The highest BCUT2D eigenvalue weighted by molar-refractivity contribution is 5.52. The van der Waals surface area contributed by atoms with E-state index in [0.29, 0.717) is 0 Å². The summed E-state index contributed by atoms with van der Waals surface area (Å²) in [6.07, 6.45) is 6.76. The molecule has 1 aromatic rings. The van der Waals surface area contributed by atoms with Gasteiger partial charge in [0.1, 0.15) is 0 Å². The summed E-state index contributed by atoms with van der Waals surface area (Å²) in [5, 5.41) is 3.58. The first kappa shape index (κ1) is 14.8. The minimum Gasteiger partial charge on any atom is -0.369 e. The molecule has 1 saturated carbocycles. The van der Waals surface area contributed by atoms with Crippen LogP contribution in [0.2, 0.25) is 0 Å². The van der Waals surface area contributed by atoms with Crippen LogP contribution >= 0.6 is 0 Å². The van der Waals surface area contributed by atoms with E-state index in [1.807, 2.05) is 12.4 Å². The molecule has 1 N–H and O–H groups in total. The molecule has 21 heavy (non-hydrogen) atoms. The zero-order chi connectivity index (χ0) is 14.9. The van der Waals surface area contributed by atoms with Crippen LogP contribution in [0.25, 0.3) is 0 Å². The lowest BCUT2D eigenvalue weighted by molar-refractivity contribution is 0.248. The van der Waals surface area contributed by atoms with Gasteiger partial charge in [-0.25, -0.2) is 0 Å². The predicted molar refractivity (Wildman–Crippen MR) is 87.6 cm³/mol. The van der Waals surface area contributed by atoms with Gasteiger partial charge in [0.25, 0.3) is 0 Å². The smallest absolute Gasteiger partial charge is 0.0443 e. The van der Waals surface area contributed by atoms with Gasteiger partial charge in [-0.15, -0.1) is 0 Å². The Morgan fingerprint density at radius 3 is 2.52 bits per heavy atom. The van der Waals surface area contributed by atoms with Crippen LogP contribution in [-0.4, -0.2) is 47.6 Å². The number of nitrogens with zero attached hydrogens (tertiary/aromatic N) is 3. The number of rotatable bonds is 4. The maximum Gasteiger partial charge on any atom is 0.0443 e. The molecule has 0 atom stereocenters. The first-order valence-corrected chi connectivity index (χ1v) is 8.20. The Hall–Kier alpha value is -1.13. The molecular formula is C17H28N4. The maximum atomic E-state index is 4.32. The Bertz CT molecular complexity index is 468. The van der Waals surface area contributed by atoms with Crippen molar-refractivity contribution in [3.8, 4) is 0 Å². The summed E-state index contributed by atoms with van der Waals surface area (Å²) in [7, 11) is 0. The molecule has 2 heterocycles. The Kier molecular flexibility index (Phi) is 4.18. The molecule has 0 radical (unpaired) electrons. The lowest BCUT2D eigenvalue weighted by Gasteiger charge is -2.37. The van der Waals surface area contributed by atoms with Crippen LogP contribution in [0.3, 0.4) is 0 Å². The molecule has 1 aliphatic heterocycles. The summed E-state index contributed by atoms with van der Waals surface area (Å²) in [4.78, 5) is 9.50. The van der Waals surface area contributed by atoms with Crippen molar-refractivity contribution in [1.82, 2.24) is 15.2 Å². The van der Waals surface area contributed by atoms with Crippen LogP contribution in [0.1, 0.15) is 39.2 Å². The number of hydrogen-bond acceptors (Lipinski definition) is 4. The first-order valence-electron chi connectivity index (χ1n) is 8.20. The first-order chi connectivity index (χ1) is 10.0. The molecule has 4 nitrogen and oxygen atoms in total. The number of anilines is 1. The van der Waals surface area contributed by atoms with Crippen molar-refractivity contribution in [2.45, 2.75) is 51.7 Å². The second kappa shape index (κ2) is 5.93. The largest absolute Gasteiger partial charge is 0.369 e. The van der Waals surface area contributed by atoms with Crippen LogP contribution < -0.4 is 10.2 Å². The molecule has 1 aliphatic carbocycles. The Morgan fingerprint density at radius 1 is 1.19 bits per heavy atom. The zero-order valence-electron chi connectivity index (χ0n) is 13.6. The quantitative estimate of drug-likeness (QED) is 0.921. The van der Waals surface area contributed by atoms with E-state index >= 15 is 0 Å². The summed E-state index contributed by atoms with van der Waals surface area (Å²) >= 11 is 0. The molecule has 2 aliphatic rings. The van der Waals surface area contributed by atoms with Gasteiger partial charge in [-0.2, -0.15) is 0 Å². The highest BCUT2D eigenvalue weighted by atomic mass is 15.3. The van der Waals surface area contributed by atoms with E-state index in [1.54, 1.807) is 0 Å². The number of pyridine rings is 1. The van der Waals surface area contributed by atoms with E-state index in [1.165, 1.54) is 37.2 Å². The number of hydrogen-bond donors (Lipinski definition) is 1. The minimum atomic E-state index is 0.137. The van der Waals surface area contributed by atoms with Crippen molar-refractivity contribution in [3.63, 3.8) is 0 Å². The molecular weight excluding hydrogens is 260 g/mol. The van der Waals surface area contributed by atoms with Crippen molar-refractivity contribution in [2.75, 3.05) is 31.1 Å². The third-order valence-corrected chi connectivity index (χ3v) is 4.41. The topological polar surface area (TPSA) is 31.4 Å². The molecule has 0 amide bonds. The van der Waals surface area contributed by atoms with Crippen molar-refractivity contribution in [2.24, 2.45) is 0 Å². The van der Waals surface area contributed by atoms with Gasteiger partial charge in [-0.1, -0.05) is 0 Å². The normalized spacial score (nSPS) is 20.8. The molecule has 116 valence electrons. The van der Waals surface area contributed by atoms with Crippen molar-refractivity contribution >= 4 is 5.69 Å². The molecule has 0 spiro atoms. The molecule has 0 aromatic carbocycles. The van der Waals surface area contributed by atoms with Gasteiger partial charge in [0.05, 0.1) is 0 Å². The average Bonchev–Trinajstić information content (AvgIpc) is 3.30. The van der Waals surface area contributed by atoms with E-state index in [2.05, 4.69) is 46.9 Å². The SMILES string of the molecule is CC(C)(C)NCc1cnccc1N1CCN(C2CC2)CC1. The van der Waals surface area contributed by atoms with Crippen LogP contribution in [0.5, 0.6) is 0 Å². The maximum absolute atomic E-state index is 4.32. The summed E-state index contributed by atoms with van der Waals surface area (Å²) < 4.78 is 0. The van der Waals surface area contributed by atoms with Crippen molar-refractivity contribution in [3.05, 3.63) is 24.0 Å². The lowest BCUT2D eigenvalue weighted by Crippen LogP contribution is -2.47.